The third kappa shape index (κ3) is 3.81. The molecule has 0 heterocycles. The second-order valence-electron chi connectivity index (χ2n) is 4.60. The molecule has 1 N–H and O–H groups in total. The lowest BCUT2D eigenvalue weighted by atomic mass is 10.1. The van der Waals surface area contributed by atoms with E-state index >= 15 is 0 Å². The van der Waals surface area contributed by atoms with Gasteiger partial charge in [-0.25, -0.2) is 4.39 Å². The lowest BCUT2D eigenvalue weighted by Crippen LogP contribution is -1.97. The maximum Gasteiger partial charge on any atom is 0.185 e. The monoisotopic (exact) mass is 336 g/mol. The van der Waals surface area contributed by atoms with Gasteiger partial charge in [-0.05, 0) is 42.0 Å². The highest BCUT2D eigenvalue weighted by molar-refractivity contribution is 6.32. The highest BCUT2D eigenvalue weighted by atomic mass is 35.5. The quantitative estimate of drug-likeness (QED) is 0.659. The minimum Gasteiger partial charge on any atom is -0.503 e. The molecule has 0 aromatic heterocycles. The summed E-state index contributed by atoms with van der Waals surface area (Å²) >= 11 is 5.87. The third-order valence-corrected chi connectivity index (χ3v) is 3.42. The topological polar surface area (TPSA) is 55.8 Å². The highest BCUT2D eigenvalue weighted by Gasteiger charge is 2.10. The largest absolute Gasteiger partial charge is 0.503 e. The first-order valence-corrected chi connectivity index (χ1v) is 6.96. The summed E-state index contributed by atoms with van der Waals surface area (Å²) in [4.78, 5) is 12.1. The van der Waals surface area contributed by atoms with Crippen molar-refractivity contribution < 1.29 is 23.8 Å². The number of allylic oxidation sites excluding steroid dienone is 1. The van der Waals surface area contributed by atoms with Crippen molar-refractivity contribution in [2.24, 2.45) is 0 Å². The second kappa shape index (κ2) is 7.15. The number of rotatable bonds is 5. The molecule has 2 aromatic carbocycles. The molecule has 23 heavy (non-hydrogen) atoms. The van der Waals surface area contributed by atoms with Crippen molar-refractivity contribution in [3.63, 3.8) is 0 Å². The molecule has 0 amide bonds. The number of carbonyl (C=O) groups is 1. The van der Waals surface area contributed by atoms with E-state index in [0.29, 0.717) is 5.56 Å². The van der Waals surface area contributed by atoms with Gasteiger partial charge in [-0.2, -0.15) is 0 Å². The standard InChI is InChI=1S/C17H14ClFO4/c1-22-15-6-4-11(9-13(15)19)14(20)5-3-10-7-12(18)17(21)16(8-10)23-2/h3-9,21H,1-2H3. The van der Waals surface area contributed by atoms with Crippen molar-refractivity contribution in [3.8, 4) is 17.2 Å². The Hall–Kier alpha value is -2.53. The molecule has 6 heteroatoms. The van der Waals surface area contributed by atoms with E-state index in [1.165, 1.54) is 50.6 Å². The number of methoxy groups -OCH3 is 2. The second-order valence-corrected chi connectivity index (χ2v) is 5.01. The van der Waals surface area contributed by atoms with E-state index in [-0.39, 0.29) is 33.6 Å². The van der Waals surface area contributed by atoms with Crippen LogP contribution in [0.5, 0.6) is 17.2 Å². The number of halogens is 2. The number of phenols is 1. The van der Waals surface area contributed by atoms with Gasteiger partial charge < -0.3 is 14.6 Å². The van der Waals surface area contributed by atoms with Gasteiger partial charge in [0.05, 0.1) is 19.2 Å². The molecular formula is C17H14ClFO4. The van der Waals surface area contributed by atoms with E-state index in [0.717, 1.165) is 6.07 Å². The molecule has 2 rings (SSSR count). The lowest BCUT2D eigenvalue weighted by molar-refractivity contribution is 0.104. The minimum atomic E-state index is -0.610. The summed E-state index contributed by atoms with van der Waals surface area (Å²) in [5, 5.41) is 9.76. The van der Waals surface area contributed by atoms with Gasteiger partial charge >= 0.3 is 0 Å². The number of hydrogen-bond acceptors (Lipinski definition) is 4. The molecule has 2 aromatic rings. The summed E-state index contributed by atoms with van der Waals surface area (Å²) in [5.74, 6) is -0.897. The van der Waals surface area contributed by atoms with Crippen molar-refractivity contribution in [1.82, 2.24) is 0 Å². The van der Waals surface area contributed by atoms with Crippen LogP contribution in [0.15, 0.2) is 36.4 Å². The fourth-order valence-corrected chi connectivity index (χ4v) is 2.15. The maximum atomic E-state index is 13.6. The van der Waals surface area contributed by atoms with Gasteiger partial charge in [-0.1, -0.05) is 17.7 Å². The van der Waals surface area contributed by atoms with Gasteiger partial charge in [-0.15, -0.1) is 0 Å². The number of carbonyl (C=O) groups excluding carboxylic acids is 1. The van der Waals surface area contributed by atoms with Gasteiger partial charge in [0.25, 0.3) is 0 Å². The van der Waals surface area contributed by atoms with Gasteiger partial charge in [-0.3, -0.25) is 4.79 Å². The predicted molar refractivity (Wildman–Crippen MR) is 86.0 cm³/mol. The average Bonchev–Trinajstić information content (AvgIpc) is 2.55. The van der Waals surface area contributed by atoms with Crippen LogP contribution in [-0.4, -0.2) is 25.1 Å². The van der Waals surface area contributed by atoms with Crippen LogP contribution >= 0.6 is 11.6 Å². The molecule has 4 nitrogen and oxygen atoms in total. The predicted octanol–water partition coefficient (Wildman–Crippen LogP) is 4.10. The Morgan fingerprint density at radius 1 is 1.17 bits per heavy atom. The zero-order valence-electron chi connectivity index (χ0n) is 12.5. The lowest BCUT2D eigenvalue weighted by Gasteiger charge is -2.06. The van der Waals surface area contributed by atoms with Crippen LogP contribution in [0, 0.1) is 5.82 Å². The Balaban J connectivity index is 2.24. The van der Waals surface area contributed by atoms with Gasteiger partial charge in [0.15, 0.2) is 28.8 Å². The van der Waals surface area contributed by atoms with E-state index < -0.39 is 5.82 Å². The summed E-state index contributed by atoms with van der Waals surface area (Å²) < 4.78 is 23.4. The summed E-state index contributed by atoms with van der Waals surface area (Å²) in [5.41, 5.74) is 0.753. The van der Waals surface area contributed by atoms with Crippen LogP contribution in [0.25, 0.3) is 6.08 Å². The first-order valence-electron chi connectivity index (χ1n) is 6.58. The number of ketones is 1. The number of hydrogen-bond donors (Lipinski definition) is 1. The molecule has 0 unspecified atom stereocenters. The van der Waals surface area contributed by atoms with Crippen LogP contribution in [0.3, 0.4) is 0 Å². The Bertz CT molecular complexity index is 771. The van der Waals surface area contributed by atoms with Crippen LogP contribution in [0.4, 0.5) is 4.39 Å². The molecule has 0 radical (unpaired) electrons. The molecule has 0 aliphatic rings. The molecule has 0 fully saturated rings. The number of benzene rings is 2. The fraction of sp³-hybridized carbons (Fsp3) is 0.118. The first kappa shape index (κ1) is 16.8. The van der Waals surface area contributed by atoms with E-state index in [4.69, 9.17) is 21.1 Å². The van der Waals surface area contributed by atoms with E-state index in [2.05, 4.69) is 0 Å². The van der Waals surface area contributed by atoms with Crippen molar-refractivity contribution >= 4 is 23.5 Å². The first-order chi connectivity index (χ1) is 11.0. The van der Waals surface area contributed by atoms with Crippen molar-refractivity contribution in [2.45, 2.75) is 0 Å². The van der Waals surface area contributed by atoms with Gasteiger partial charge in [0.1, 0.15) is 0 Å². The fourth-order valence-electron chi connectivity index (χ4n) is 1.93. The Kier molecular flexibility index (Phi) is 5.24. The molecule has 0 saturated carbocycles. The molecule has 0 atom stereocenters. The van der Waals surface area contributed by atoms with Crippen LogP contribution in [0.1, 0.15) is 15.9 Å². The Labute approximate surface area is 137 Å². The average molecular weight is 337 g/mol. The molecule has 0 bridgehead atoms. The zero-order chi connectivity index (χ0) is 17.0. The Morgan fingerprint density at radius 2 is 1.87 bits per heavy atom. The molecular weight excluding hydrogens is 323 g/mol. The third-order valence-electron chi connectivity index (χ3n) is 3.13. The van der Waals surface area contributed by atoms with E-state index in [1.807, 2.05) is 0 Å². The SMILES string of the molecule is COc1ccc(C(=O)C=Cc2cc(Cl)c(O)c(OC)c2)cc1F. The zero-order valence-corrected chi connectivity index (χ0v) is 13.2. The van der Waals surface area contributed by atoms with E-state index in [9.17, 15) is 14.3 Å². The summed E-state index contributed by atoms with van der Waals surface area (Å²) in [7, 11) is 2.74. The van der Waals surface area contributed by atoms with Crippen LogP contribution in [-0.2, 0) is 0 Å². The van der Waals surface area contributed by atoms with Crippen LogP contribution in [0.2, 0.25) is 5.02 Å². The molecule has 120 valence electrons. The summed E-state index contributed by atoms with van der Waals surface area (Å²) in [6.45, 7) is 0. The van der Waals surface area contributed by atoms with Crippen molar-refractivity contribution in [1.29, 1.82) is 0 Å². The van der Waals surface area contributed by atoms with Gasteiger partial charge in [0.2, 0.25) is 0 Å². The summed E-state index contributed by atoms with van der Waals surface area (Å²) in [6.07, 6.45) is 2.78. The smallest absolute Gasteiger partial charge is 0.185 e. The number of ether oxygens (including phenoxy) is 2. The molecule has 0 aliphatic heterocycles. The molecule has 0 saturated heterocycles. The molecule has 0 aliphatic carbocycles. The normalized spacial score (nSPS) is 10.8. The van der Waals surface area contributed by atoms with Crippen LogP contribution < -0.4 is 9.47 Å². The number of aromatic hydroxyl groups is 1. The summed E-state index contributed by atoms with van der Waals surface area (Å²) in [6, 6.07) is 6.98. The van der Waals surface area contributed by atoms with Crippen molar-refractivity contribution in [2.75, 3.05) is 14.2 Å². The van der Waals surface area contributed by atoms with E-state index in [1.54, 1.807) is 0 Å². The maximum absolute atomic E-state index is 13.6. The number of phenolic OH excluding ortho intramolecular Hbond substituents is 1. The molecule has 0 spiro atoms. The minimum absolute atomic E-state index is 0.0700. The Morgan fingerprint density at radius 3 is 2.48 bits per heavy atom. The van der Waals surface area contributed by atoms with Crippen molar-refractivity contribution in [3.05, 3.63) is 58.4 Å². The highest BCUT2D eigenvalue weighted by Crippen LogP contribution is 2.35. The van der Waals surface area contributed by atoms with Gasteiger partial charge in [0, 0.05) is 5.56 Å².